The lowest BCUT2D eigenvalue weighted by Gasteiger charge is -2.03. The lowest BCUT2D eigenvalue weighted by molar-refractivity contribution is 0.447. The quantitative estimate of drug-likeness (QED) is 0.571. The predicted octanol–water partition coefficient (Wildman–Crippen LogP) is 3.99. The Kier molecular flexibility index (Phi) is 3.97. The molecule has 0 heterocycles. The van der Waals surface area contributed by atoms with Crippen LogP contribution in [0.3, 0.4) is 0 Å². The van der Waals surface area contributed by atoms with Crippen molar-refractivity contribution < 1.29 is 13.2 Å². The van der Waals surface area contributed by atoms with Gasteiger partial charge in [-0.15, -0.1) is 0 Å². The maximum Gasteiger partial charge on any atom is 0.194 e. The number of rotatable bonds is 2. The second-order valence-electron chi connectivity index (χ2n) is 3.01. The number of hydrogen-bond donors (Lipinski definition) is 0. The summed E-state index contributed by atoms with van der Waals surface area (Å²) in [6.07, 6.45) is 0.329. The molecule has 0 aromatic heterocycles. The summed E-state index contributed by atoms with van der Waals surface area (Å²) in [6, 6.07) is 3.33. The lowest BCUT2D eigenvalue weighted by Crippen LogP contribution is -1.94. The summed E-state index contributed by atoms with van der Waals surface area (Å²) in [5.41, 5.74) is 0.142. The topological polar surface area (TPSA) is 23.8 Å². The van der Waals surface area contributed by atoms with Gasteiger partial charge in [0.1, 0.15) is 0 Å². The summed E-state index contributed by atoms with van der Waals surface area (Å²) in [7, 11) is 0. The number of allylic oxidation sites excluding steroid dienone is 1. The third kappa shape index (κ3) is 2.37. The van der Waals surface area contributed by atoms with E-state index in [0.717, 1.165) is 12.1 Å². The molecule has 0 saturated heterocycles. The Labute approximate surface area is 95.8 Å². The molecule has 0 aliphatic carbocycles. The summed E-state index contributed by atoms with van der Waals surface area (Å²) < 4.78 is 38.4. The molecule has 0 aliphatic heterocycles. The smallest absolute Gasteiger partial charge is 0.194 e. The average Bonchev–Trinajstić information content (AvgIpc) is 2.26. The van der Waals surface area contributed by atoms with Crippen LogP contribution in [-0.4, -0.2) is 0 Å². The Hall–Kier alpha value is -1.47. The van der Waals surface area contributed by atoms with Gasteiger partial charge in [0.2, 0.25) is 0 Å². The summed E-state index contributed by atoms with van der Waals surface area (Å²) in [4.78, 5) is 0. The fourth-order valence-corrected chi connectivity index (χ4v) is 1.42. The Bertz CT molecular complexity index is 465. The molecule has 0 bridgehead atoms. The van der Waals surface area contributed by atoms with E-state index in [9.17, 15) is 13.2 Å². The van der Waals surface area contributed by atoms with Gasteiger partial charge in [-0.1, -0.05) is 18.5 Å². The van der Waals surface area contributed by atoms with Gasteiger partial charge < -0.3 is 0 Å². The molecule has 0 spiro atoms. The highest BCUT2D eigenvalue weighted by molar-refractivity contribution is 6.49. The van der Waals surface area contributed by atoms with Gasteiger partial charge in [0.05, 0.1) is 11.1 Å². The highest BCUT2D eigenvalue weighted by Crippen LogP contribution is 2.27. The van der Waals surface area contributed by atoms with Crippen LogP contribution in [0.25, 0.3) is 5.03 Å². The van der Waals surface area contributed by atoms with Crippen molar-refractivity contribution >= 4 is 16.6 Å². The van der Waals surface area contributed by atoms with Gasteiger partial charge >= 0.3 is 0 Å². The number of halogens is 4. The molecule has 0 aliphatic rings. The van der Waals surface area contributed by atoms with Crippen LogP contribution in [0.1, 0.15) is 18.9 Å². The number of nitriles is 1. The average molecular weight is 246 g/mol. The molecule has 0 atom stereocenters. The van der Waals surface area contributed by atoms with E-state index in [1.807, 2.05) is 6.07 Å². The van der Waals surface area contributed by atoms with Crippen molar-refractivity contribution in [1.29, 1.82) is 5.26 Å². The van der Waals surface area contributed by atoms with Crippen LogP contribution in [0.15, 0.2) is 17.7 Å². The molecular formula is C11H7ClF3N. The molecule has 1 rings (SSSR count). The third-order valence-corrected chi connectivity index (χ3v) is 2.44. The second-order valence-corrected chi connectivity index (χ2v) is 3.39. The first-order valence-corrected chi connectivity index (χ1v) is 4.82. The van der Waals surface area contributed by atoms with Crippen molar-refractivity contribution in [3.8, 4) is 6.07 Å². The number of nitrogens with zero attached hydrogens (tertiary/aromatic N) is 1. The molecule has 1 aromatic rings. The molecule has 0 fully saturated rings. The molecule has 0 radical (unpaired) electrons. The largest absolute Gasteiger partial charge is 0.204 e. The van der Waals surface area contributed by atoms with Crippen LogP contribution in [0.5, 0.6) is 0 Å². The SMILES string of the molecule is CCC(C#N)=C(Cl)c1cc(F)c(F)c(F)c1. The van der Waals surface area contributed by atoms with E-state index in [1.54, 1.807) is 6.92 Å². The molecule has 0 unspecified atom stereocenters. The highest BCUT2D eigenvalue weighted by Gasteiger charge is 2.13. The van der Waals surface area contributed by atoms with Crippen molar-refractivity contribution in [1.82, 2.24) is 0 Å². The predicted molar refractivity (Wildman–Crippen MR) is 55.0 cm³/mol. The molecule has 5 heteroatoms. The minimum atomic E-state index is -1.55. The van der Waals surface area contributed by atoms with E-state index in [1.165, 1.54) is 0 Å². The minimum absolute atomic E-state index is 0.0449. The van der Waals surface area contributed by atoms with Gasteiger partial charge in [0.15, 0.2) is 17.5 Å². The van der Waals surface area contributed by atoms with Crippen molar-refractivity contribution in [2.75, 3.05) is 0 Å². The van der Waals surface area contributed by atoms with Gasteiger partial charge in [-0.2, -0.15) is 5.26 Å². The van der Waals surface area contributed by atoms with E-state index in [4.69, 9.17) is 16.9 Å². The first-order chi connectivity index (χ1) is 7.51. The summed E-state index contributed by atoms with van der Waals surface area (Å²) in [5, 5.41) is 8.63. The molecule has 84 valence electrons. The van der Waals surface area contributed by atoms with Gasteiger partial charge in [0, 0.05) is 11.1 Å². The van der Waals surface area contributed by atoms with Gasteiger partial charge in [-0.05, 0) is 18.6 Å². The molecular weight excluding hydrogens is 239 g/mol. The molecule has 1 aromatic carbocycles. The minimum Gasteiger partial charge on any atom is -0.204 e. The van der Waals surface area contributed by atoms with E-state index >= 15 is 0 Å². The van der Waals surface area contributed by atoms with E-state index in [0.29, 0.717) is 6.42 Å². The zero-order valence-corrected chi connectivity index (χ0v) is 9.08. The van der Waals surface area contributed by atoms with Crippen LogP contribution in [0.2, 0.25) is 0 Å². The maximum absolute atomic E-state index is 12.9. The summed E-state index contributed by atoms with van der Waals surface area (Å²) in [6.45, 7) is 1.68. The fourth-order valence-electron chi connectivity index (χ4n) is 1.14. The Morgan fingerprint density at radius 1 is 1.31 bits per heavy atom. The van der Waals surface area contributed by atoms with Crippen LogP contribution in [0, 0.1) is 28.8 Å². The van der Waals surface area contributed by atoms with Crippen molar-refractivity contribution in [2.24, 2.45) is 0 Å². The van der Waals surface area contributed by atoms with E-state index in [2.05, 4.69) is 0 Å². The first kappa shape index (κ1) is 12.6. The molecule has 0 amide bonds. The number of hydrogen-bond acceptors (Lipinski definition) is 1. The van der Waals surface area contributed by atoms with Crippen LogP contribution in [0.4, 0.5) is 13.2 Å². The zero-order chi connectivity index (χ0) is 12.3. The van der Waals surface area contributed by atoms with Gasteiger partial charge in [-0.25, -0.2) is 13.2 Å². The zero-order valence-electron chi connectivity index (χ0n) is 8.32. The second kappa shape index (κ2) is 5.04. The highest BCUT2D eigenvalue weighted by atomic mass is 35.5. The third-order valence-electron chi connectivity index (χ3n) is 1.99. The maximum atomic E-state index is 12.9. The molecule has 1 nitrogen and oxygen atoms in total. The van der Waals surface area contributed by atoms with E-state index in [-0.39, 0.29) is 16.2 Å². The van der Waals surface area contributed by atoms with Crippen molar-refractivity contribution in [3.05, 3.63) is 40.7 Å². The Morgan fingerprint density at radius 3 is 2.19 bits per heavy atom. The first-order valence-electron chi connectivity index (χ1n) is 4.44. The molecule has 0 N–H and O–H groups in total. The summed E-state index contributed by atoms with van der Waals surface area (Å²) in [5.74, 6) is -4.22. The summed E-state index contributed by atoms with van der Waals surface area (Å²) >= 11 is 5.77. The molecule has 16 heavy (non-hydrogen) atoms. The standard InChI is InChI=1S/C11H7ClF3N/c1-2-6(5-16)10(12)7-3-8(13)11(15)9(14)4-7/h3-4H,2H2,1H3. The Balaban J connectivity index is 3.37. The van der Waals surface area contributed by atoms with E-state index < -0.39 is 17.5 Å². The van der Waals surface area contributed by atoms with Crippen LogP contribution < -0.4 is 0 Å². The van der Waals surface area contributed by atoms with Gasteiger partial charge in [0.25, 0.3) is 0 Å². The number of benzene rings is 1. The molecule has 0 saturated carbocycles. The Morgan fingerprint density at radius 2 is 1.81 bits per heavy atom. The van der Waals surface area contributed by atoms with Crippen molar-refractivity contribution in [3.63, 3.8) is 0 Å². The van der Waals surface area contributed by atoms with Crippen molar-refractivity contribution in [2.45, 2.75) is 13.3 Å². The fraction of sp³-hybridized carbons (Fsp3) is 0.182. The van der Waals surface area contributed by atoms with Gasteiger partial charge in [-0.3, -0.25) is 0 Å². The monoisotopic (exact) mass is 245 g/mol. The lowest BCUT2D eigenvalue weighted by atomic mass is 10.1. The van der Waals surface area contributed by atoms with Crippen LogP contribution in [-0.2, 0) is 0 Å². The normalized spacial score (nSPS) is 12.0. The van der Waals surface area contributed by atoms with Crippen LogP contribution >= 0.6 is 11.6 Å².